The van der Waals surface area contributed by atoms with Crippen molar-refractivity contribution >= 4 is 34.8 Å². The number of halogens is 2. The molecule has 0 saturated carbocycles. The van der Waals surface area contributed by atoms with Crippen LogP contribution >= 0.6 is 23.2 Å². The van der Waals surface area contributed by atoms with Gasteiger partial charge in [0.15, 0.2) is 0 Å². The number of amides is 1. The van der Waals surface area contributed by atoms with Crippen molar-refractivity contribution in [2.75, 3.05) is 11.9 Å². The van der Waals surface area contributed by atoms with E-state index in [1.54, 1.807) is 30.3 Å². The average molecular weight is 310 g/mol. The van der Waals surface area contributed by atoms with Crippen LogP contribution in [0.4, 0.5) is 5.69 Å². The molecule has 0 aromatic heterocycles. The second-order valence-electron chi connectivity index (χ2n) is 4.22. The summed E-state index contributed by atoms with van der Waals surface area (Å²) in [5.74, 6) is -0.351. The normalized spacial score (nSPS) is 10.3. The number of hydrogen-bond acceptors (Lipinski definition) is 2. The summed E-state index contributed by atoms with van der Waals surface area (Å²) in [6.45, 7) is 0.0982. The molecule has 2 rings (SSSR count). The zero-order valence-electron chi connectivity index (χ0n) is 10.6. The van der Waals surface area contributed by atoms with Gasteiger partial charge in [0.25, 0.3) is 5.91 Å². The van der Waals surface area contributed by atoms with Gasteiger partial charge >= 0.3 is 0 Å². The Hall–Kier alpha value is -1.55. The van der Waals surface area contributed by atoms with Gasteiger partial charge in [0.05, 0.1) is 15.6 Å². The number of nitrogens with one attached hydrogen (secondary N) is 1. The lowest BCUT2D eigenvalue weighted by Gasteiger charge is -2.09. The number of carbonyl (C=O) groups is 1. The van der Waals surface area contributed by atoms with Crippen LogP contribution in [0.2, 0.25) is 10.0 Å². The summed E-state index contributed by atoms with van der Waals surface area (Å²) < 4.78 is 0. The van der Waals surface area contributed by atoms with Crippen molar-refractivity contribution in [1.29, 1.82) is 0 Å². The van der Waals surface area contributed by atoms with Gasteiger partial charge in [-0.25, -0.2) is 0 Å². The van der Waals surface area contributed by atoms with Gasteiger partial charge < -0.3 is 10.4 Å². The fourth-order valence-corrected chi connectivity index (χ4v) is 2.36. The quantitative estimate of drug-likeness (QED) is 0.903. The molecular formula is C15H13Cl2NO2. The van der Waals surface area contributed by atoms with E-state index >= 15 is 0 Å². The van der Waals surface area contributed by atoms with Crippen molar-refractivity contribution in [3.05, 3.63) is 63.6 Å². The molecule has 0 bridgehead atoms. The molecule has 3 nitrogen and oxygen atoms in total. The van der Waals surface area contributed by atoms with Gasteiger partial charge in [0.1, 0.15) is 0 Å². The lowest BCUT2D eigenvalue weighted by Crippen LogP contribution is -2.13. The zero-order chi connectivity index (χ0) is 14.5. The summed E-state index contributed by atoms with van der Waals surface area (Å²) in [5.41, 5.74) is 1.91. The lowest BCUT2D eigenvalue weighted by molar-refractivity contribution is 0.102. The summed E-state index contributed by atoms with van der Waals surface area (Å²) >= 11 is 12.0. The van der Waals surface area contributed by atoms with E-state index in [-0.39, 0.29) is 18.1 Å². The molecule has 104 valence electrons. The maximum atomic E-state index is 12.1. The third-order valence-electron chi connectivity index (χ3n) is 2.80. The summed E-state index contributed by atoms with van der Waals surface area (Å²) in [6.07, 6.45) is 0.588. The van der Waals surface area contributed by atoms with Crippen LogP contribution < -0.4 is 5.32 Å². The van der Waals surface area contributed by atoms with Crippen LogP contribution in [0.5, 0.6) is 0 Å². The van der Waals surface area contributed by atoms with Crippen molar-refractivity contribution in [3.63, 3.8) is 0 Å². The number of anilines is 1. The molecule has 0 saturated heterocycles. The minimum absolute atomic E-state index is 0.0982. The third kappa shape index (κ3) is 3.51. The molecular weight excluding hydrogens is 297 g/mol. The van der Waals surface area contributed by atoms with Crippen LogP contribution in [0.25, 0.3) is 0 Å². The van der Waals surface area contributed by atoms with Crippen molar-refractivity contribution in [1.82, 2.24) is 0 Å². The fourth-order valence-electron chi connectivity index (χ4n) is 1.79. The van der Waals surface area contributed by atoms with Crippen molar-refractivity contribution < 1.29 is 9.90 Å². The molecule has 2 aromatic rings. The number of rotatable bonds is 4. The fraction of sp³-hybridized carbons (Fsp3) is 0.133. The van der Waals surface area contributed by atoms with E-state index in [9.17, 15) is 4.79 Å². The Morgan fingerprint density at radius 2 is 1.65 bits per heavy atom. The number of benzene rings is 2. The molecule has 0 spiro atoms. The Morgan fingerprint density at radius 1 is 1.05 bits per heavy atom. The predicted octanol–water partition coefficient (Wildman–Crippen LogP) is 3.78. The number of aliphatic hydroxyl groups excluding tert-OH is 1. The molecule has 2 aromatic carbocycles. The van der Waals surface area contributed by atoms with Crippen molar-refractivity contribution in [2.45, 2.75) is 6.42 Å². The smallest absolute Gasteiger partial charge is 0.258 e. The monoisotopic (exact) mass is 309 g/mol. The molecule has 1 amide bonds. The Morgan fingerprint density at radius 3 is 2.20 bits per heavy atom. The topological polar surface area (TPSA) is 49.3 Å². The average Bonchev–Trinajstić information content (AvgIpc) is 2.41. The number of aliphatic hydroxyl groups is 1. The Labute approximate surface area is 127 Å². The van der Waals surface area contributed by atoms with Crippen molar-refractivity contribution in [2.24, 2.45) is 0 Å². The minimum Gasteiger partial charge on any atom is -0.396 e. The molecule has 0 unspecified atom stereocenters. The second kappa shape index (κ2) is 6.75. The first-order valence-corrected chi connectivity index (χ1v) is 6.82. The first kappa shape index (κ1) is 14.9. The van der Waals surface area contributed by atoms with Crippen LogP contribution in [-0.2, 0) is 6.42 Å². The highest BCUT2D eigenvalue weighted by Crippen LogP contribution is 2.25. The van der Waals surface area contributed by atoms with Gasteiger partial charge in [-0.05, 0) is 36.2 Å². The summed E-state index contributed by atoms with van der Waals surface area (Å²) in [7, 11) is 0. The number of carbonyl (C=O) groups excluding carboxylic acids is 1. The molecule has 0 radical (unpaired) electrons. The van der Waals surface area contributed by atoms with Gasteiger partial charge in [-0.15, -0.1) is 0 Å². The molecule has 20 heavy (non-hydrogen) atoms. The van der Waals surface area contributed by atoms with Crippen LogP contribution in [0.1, 0.15) is 15.9 Å². The van der Waals surface area contributed by atoms with E-state index in [0.29, 0.717) is 22.2 Å². The van der Waals surface area contributed by atoms with E-state index in [2.05, 4.69) is 5.32 Å². The Kier molecular flexibility index (Phi) is 5.01. The van der Waals surface area contributed by atoms with Crippen LogP contribution in [-0.4, -0.2) is 17.6 Å². The second-order valence-corrected chi connectivity index (χ2v) is 5.04. The molecule has 0 aliphatic rings. The van der Waals surface area contributed by atoms with Gasteiger partial charge in [-0.1, -0.05) is 41.4 Å². The molecule has 0 aliphatic carbocycles. The first-order chi connectivity index (χ1) is 9.61. The van der Waals surface area contributed by atoms with Gasteiger partial charge in [0, 0.05) is 12.3 Å². The highest BCUT2D eigenvalue weighted by Gasteiger charge is 2.14. The lowest BCUT2D eigenvalue weighted by atomic mass is 10.1. The Balaban J connectivity index is 2.15. The maximum absolute atomic E-state index is 12.1. The van der Waals surface area contributed by atoms with E-state index < -0.39 is 0 Å². The highest BCUT2D eigenvalue weighted by atomic mass is 35.5. The van der Waals surface area contributed by atoms with Gasteiger partial charge in [-0.2, -0.15) is 0 Å². The van der Waals surface area contributed by atoms with Gasteiger partial charge in [-0.3, -0.25) is 4.79 Å². The van der Waals surface area contributed by atoms with E-state index in [0.717, 1.165) is 5.56 Å². The molecule has 0 atom stereocenters. The van der Waals surface area contributed by atoms with E-state index in [1.807, 2.05) is 12.1 Å². The molecule has 0 fully saturated rings. The van der Waals surface area contributed by atoms with Crippen LogP contribution in [0.15, 0.2) is 42.5 Å². The zero-order valence-corrected chi connectivity index (χ0v) is 12.1. The van der Waals surface area contributed by atoms with Crippen LogP contribution in [0.3, 0.4) is 0 Å². The van der Waals surface area contributed by atoms with Crippen LogP contribution in [0, 0.1) is 0 Å². The van der Waals surface area contributed by atoms with E-state index in [1.165, 1.54) is 0 Å². The minimum atomic E-state index is -0.351. The molecule has 5 heteroatoms. The van der Waals surface area contributed by atoms with Crippen molar-refractivity contribution in [3.8, 4) is 0 Å². The third-order valence-corrected chi connectivity index (χ3v) is 3.43. The molecule has 2 N–H and O–H groups in total. The number of hydrogen-bond donors (Lipinski definition) is 2. The largest absolute Gasteiger partial charge is 0.396 e. The van der Waals surface area contributed by atoms with E-state index in [4.69, 9.17) is 28.3 Å². The molecule has 0 aliphatic heterocycles. The standard InChI is InChI=1S/C15H13Cl2NO2/c16-12-2-1-3-13(17)14(12)15(20)18-11-6-4-10(5-7-11)8-9-19/h1-7,19H,8-9H2,(H,18,20). The maximum Gasteiger partial charge on any atom is 0.258 e. The highest BCUT2D eigenvalue weighted by molar-refractivity contribution is 6.40. The first-order valence-electron chi connectivity index (χ1n) is 6.07. The van der Waals surface area contributed by atoms with Gasteiger partial charge in [0.2, 0.25) is 0 Å². The Bertz CT molecular complexity index is 592. The summed E-state index contributed by atoms with van der Waals surface area (Å²) in [5, 5.41) is 12.2. The summed E-state index contributed by atoms with van der Waals surface area (Å²) in [4.78, 5) is 12.1. The molecule has 0 heterocycles. The summed E-state index contributed by atoms with van der Waals surface area (Å²) in [6, 6.07) is 12.2. The SMILES string of the molecule is O=C(Nc1ccc(CCO)cc1)c1c(Cl)cccc1Cl. The predicted molar refractivity (Wildman–Crippen MR) is 81.6 cm³/mol.